The lowest BCUT2D eigenvalue weighted by molar-refractivity contribution is 0.249. The van der Waals surface area contributed by atoms with Gasteiger partial charge in [0.1, 0.15) is 0 Å². The zero-order valence-corrected chi connectivity index (χ0v) is 12.9. The summed E-state index contributed by atoms with van der Waals surface area (Å²) in [5, 5.41) is 4.94. The van der Waals surface area contributed by atoms with Gasteiger partial charge in [0.05, 0.1) is 24.0 Å². The number of fused-ring (bicyclic) bond motifs is 1. The Kier molecular flexibility index (Phi) is 4.30. The molecule has 3 N–H and O–H groups in total. The maximum Gasteiger partial charge on any atom is 0.332 e. The van der Waals surface area contributed by atoms with Crippen LogP contribution in [0.3, 0.4) is 0 Å². The van der Waals surface area contributed by atoms with Crippen LogP contribution in [0.1, 0.15) is 5.56 Å². The Morgan fingerprint density at radius 3 is 2.62 bits per heavy atom. The molecule has 0 saturated heterocycles. The number of nitrogens with one attached hydrogen (secondary N) is 1. The van der Waals surface area contributed by atoms with Crippen LogP contribution in [0.25, 0.3) is 22.2 Å². The van der Waals surface area contributed by atoms with Crippen LogP contribution in [0.4, 0.5) is 4.79 Å². The molecule has 0 atom stereocenters. The van der Waals surface area contributed by atoms with Crippen molar-refractivity contribution in [3.63, 3.8) is 0 Å². The molecule has 3 rings (SSSR count). The molecule has 5 nitrogen and oxygen atoms in total. The normalized spacial score (nSPS) is 10.8. The van der Waals surface area contributed by atoms with Gasteiger partial charge in [-0.15, -0.1) is 6.42 Å². The molecule has 0 aliphatic heterocycles. The van der Waals surface area contributed by atoms with E-state index in [2.05, 4.69) is 21.0 Å². The molecule has 0 unspecified atom stereocenters. The fourth-order valence-corrected chi connectivity index (χ4v) is 2.78. The SMILES string of the molecule is C#CCn1c(-c2ccccc2)c(/C=N/NC(N)=O)c2ccccc21. The van der Waals surface area contributed by atoms with Crippen molar-refractivity contribution in [1.29, 1.82) is 0 Å². The lowest BCUT2D eigenvalue weighted by atomic mass is 10.1. The fraction of sp³-hybridized carbons (Fsp3) is 0.0526. The molecular formula is C19H16N4O. The summed E-state index contributed by atoms with van der Waals surface area (Å²) in [6.07, 6.45) is 7.17. The van der Waals surface area contributed by atoms with E-state index in [4.69, 9.17) is 12.2 Å². The summed E-state index contributed by atoms with van der Waals surface area (Å²) in [6, 6.07) is 17.1. The summed E-state index contributed by atoms with van der Waals surface area (Å²) >= 11 is 0. The standard InChI is InChI=1S/C19H16N4O/c1-2-12-23-17-11-7-6-10-15(17)16(13-21-22-19(20)24)18(23)14-8-4-3-5-9-14/h1,3-11,13H,12H2,(H3,20,22,24)/b21-13+. The van der Waals surface area contributed by atoms with Crippen LogP contribution < -0.4 is 11.2 Å². The maximum atomic E-state index is 10.9. The van der Waals surface area contributed by atoms with Crippen molar-refractivity contribution < 1.29 is 4.79 Å². The predicted octanol–water partition coefficient (Wildman–Crippen LogP) is 2.94. The molecule has 0 aliphatic carbocycles. The summed E-state index contributed by atoms with van der Waals surface area (Å²) in [5.41, 5.74) is 11.2. The Labute approximate surface area is 139 Å². The number of terminal acetylenes is 1. The summed E-state index contributed by atoms with van der Waals surface area (Å²) < 4.78 is 2.07. The molecule has 2 amide bonds. The van der Waals surface area contributed by atoms with Gasteiger partial charge in [-0.3, -0.25) is 0 Å². The molecular weight excluding hydrogens is 300 g/mol. The first-order valence-corrected chi connectivity index (χ1v) is 7.41. The number of para-hydroxylation sites is 1. The number of carbonyl (C=O) groups is 1. The Morgan fingerprint density at radius 1 is 1.21 bits per heavy atom. The second-order valence-corrected chi connectivity index (χ2v) is 5.17. The summed E-state index contributed by atoms with van der Waals surface area (Å²) in [4.78, 5) is 10.9. The molecule has 5 heteroatoms. The topological polar surface area (TPSA) is 72.4 Å². The van der Waals surface area contributed by atoms with E-state index in [1.165, 1.54) is 0 Å². The van der Waals surface area contributed by atoms with Gasteiger partial charge in [0.2, 0.25) is 0 Å². The molecule has 118 valence electrons. The predicted molar refractivity (Wildman–Crippen MR) is 96.5 cm³/mol. The van der Waals surface area contributed by atoms with Gasteiger partial charge in [0.25, 0.3) is 0 Å². The number of hydrogen-bond donors (Lipinski definition) is 2. The van der Waals surface area contributed by atoms with Crippen LogP contribution in [0, 0.1) is 12.3 Å². The molecule has 1 aromatic heterocycles. The number of rotatable bonds is 4. The Balaban J connectivity index is 2.29. The Bertz CT molecular complexity index is 949. The Morgan fingerprint density at radius 2 is 1.92 bits per heavy atom. The minimum atomic E-state index is -0.708. The van der Waals surface area contributed by atoms with E-state index in [1.54, 1.807) is 6.21 Å². The summed E-state index contributed by atoms with van der Waals surface area (Å²) in [5.74, 6) is 2.70. The van der Waals surface area contributed by atoms with Crippen LogP contribution in [-0.2, 0) is 6.54 Å². The first kappa shape index (κ1) is 15.4. The van der Waals surface area contributed by atoms with Crippen molar-refractivity contribution in [3.05, 3.63) is 60.2 Å². The van der Waals surface area contributed by atoms with E-state index >= 15 is 0 Å². The Hall–Kier alpha value is -3.52. The smallest absolute Gasteiger partial charge is 0.332 e. The lowest BCUT2D eigenvalue weighted by Crippen LogP contribution is -2.24. The van der Waals surface area contributed by atoms with Crippen molar-refractivity contribution in [3.8, 4) is 23.6 Å². The number of nitrogens with two attached hydrogens (primary N) is 1. The van der Waals surface area contributed by atoms with Crippen LogP contribution in [0.5, 0.6) is 0 Å². The zero-order chi connectivity index (χ0) is 16.9. The van der Waals surface area contributed by atoms with Gasteiger partial charge in [0.15, 0.2) is 0 Å². The van der Waals surface area contributed by atoms with Gasteiger partial charge >= 0.3 is 6.03 Å². The molecule has 2 aromatic carbocycles. The van der Waals surface area contributed by atoms with Gasteiger partial charge in [-0.05, 0) is 11.6 Å². The molecule has 0 bridgehead atoms. The largest absolute Gasteiger partial charge is 0.350 e. The second kappa shape index (κ2) is 6.71. The third kappa shape index (κ3) is 2.85. The number of aromatic nitrogens is 1. The average molecular weight is 316 g/mol. The highest BCUT2D eigenvalue weighted by Gasteiger charge is 2.16. The van der Waals surface area contributed by atoms with Crippen molar-refractivity contribution in [1.82, 2.24) is 9.99 Å². The van der Waals surface area contributed by atoms with Crippen LogP contribution in [0.2, 0.25) is 0 Å². The molecule has 0 aliphatic rings. The van der Waals surface area contributed by atoms with Crippen LogP contribution >= 0.6 is 0 Å². The molecule has 1 heterocycles. The van der Waals surface area contributed by atoms with Crippen LogP contribution in [0.15, 0.2) is 59.7 Å². The lowest BCUT2D eigenvalue weighted by Gasteiger charge is -2.08. The van der Waals surface area contributed by atoms with E-state index < -0.39 is 6.03 Å². The highest BCUT2D eigenvalue weighted by Crippen LogP contribution is 2.32. The van der Waals surface area contributed by atoms with Gasteiger partial charge in [0, 0.05) is 10.9 Å². The van der Waals surface area contributed by atoms with E-state index in [0.717, 1.165) is 27.7 Å². The summed E-state index contributed by atoms with van der Waals surface area (Å²) in [7, 11) is 0. The highest BCUT2D eigenvalue weighted by molar-refractivity contribution is 6.06. The maximum absolute atomic E-state index is 10.9. The van der Waals surface area contributed by atoms with Gasteiger partial charge in [-0.2, -0.15) is 5.10 Å². The minimum Gasteiger partial charge on any atom is -0.350 e. The van der Waals surface area contributed by atoms with E-state index in [9.17, 15) is 4.79 Å². The average Bonchev–Trinajstić information content (AvgIpc) is 2.90. The number of hydrogen-bond acceptors (Lipinski definition) is 2. The van der Waals surface area contributed by atoms with Crippen LogP contribution in [-0.4, -0.2) is 16.8 Å². The van der Waals surface area contributed by atoms with Gasteiger partial charge in [-0.25, -0.2) is 10.2 Å². The van der Waals surface area contributed by atoms with E-state index in [1.807, 2.05) is 54.6 Å². The molecule has 0 fully saturated rings. The van der Waals surface area contributed by atoms with Crippen molar-refractivity contribution in [2.45, 2.75) is 6.54 Å². The second-order valence-electron chi connectivity index (χ2n) is 5.17. The summed E-state index contributed by atoms with van der Waals surface area (Å²) in [6.45, 7) is 0.432. The fourth-order valence-electron chi connectivity index (χ4n) is 2.78. The number of primary amides is 1. The van der Waals surface area contributed by atoms with Crippen molar-refractivity contribution in [2.75, 3.05) is 0 Å². The number of carbonyl (C=O) groups excluding carboxylic acids is 1. The molecule has 0 saturated carbocycles. The third-order valence-electron chi connectivity index (χ3n) is 3.68. The number of benzene rings is 2. The number of nitrogens with zero attached hydrogens (tertiary/aromatic N) is 2. The first-order valence-electron chi connectivity index (χ1n) is 7.41. The van der Waals surface area contributed by atoms with Gasteiger partial charge in [-0.1, -0.05) is 54.5 Å². The quantitative estimate of drug-likeness (QED) is 0.433. The third-order valence-corrected chi connectivity index (χ3v) is 3.68. The highest BCUT2D eigenvalue weighted by atomic mass is 16.2. The van der Waals surface area contributed by atoms with E-state index in [-0.39, 0.29) is 0 Å². The van der Waals surface area contributed by atoms with Crippen molar-refractivity contribution >= 4 is 23.1 Å². The number of amides is 2. The number of hydrazone groups is 1. The minimum absolute atomic E-state index is 0.432. The van der Waals surface area contributed by atoms with Crippen molar-refractivity contribution in [2.24, 2.45) is 10.8 Å². The molecule has 24 heavy (non-hydrogen) atoms. The molecule has 0 radical (unpaired) electrons. The molecule has 3 aromatic rings. The zero-order valence-electron chi connectivity index (χ0n) is 12.9. The monoisotopic (exact) mass is 316 g/mol. The van der Waals surface area contributed by atoms with Gasteiger partial charge < -0.3 is 10.3 Å². The molecule has 0 spiro atoms. The first-order chi connectivity index (χ1) is 11.7. The number of urea groups is 1. The van der Waals surface area contributed by atoms with E-state index in [0.29, 0.717) is 6.54 Å².